The third-order valence-corrected chi connectivity index (χ3v) is 5.41. The predicted octanol–water partition coefficient (Wildman–Crippen LogP) is 3.72. The SMILES string of the molecule is O=C(NCC(O)(c1ccco1)c1cccs1)c1ccc(Cl)s1. The van der Waals surface area contributed by atoms with Crippen LogP contribution in [0.15, 0.2) is 52.5 Å². The molecule has 0 saturated heterocycles. The first-order valence-corrected chi connectivity index (χ1v) is 8.51. The van der Waals surface area contributed by atoms with Crippen molar-refractivity contribution in [2.24, 2.45) is 0 Å². The zero-order valence-electron chi connectivity index (χ0n) is 11.3. The minimum Gasteiger partial charge on any atom is -0.466 e. The van der Waals surface area contributed by atoms with Crippen LogP contribution in [0, 0.1) is 0 Å². The van der Waals surface area contributed by atoms with Crippen molar-refractivity contribution in [1.29, 1.82) is 0 Å². The van der Waals surface area contributed by atoms with Gasteiger partial charge in [-0.15, -0.1) is 22.7 Å². The summed E-state index contributed by atoms with van der Waals surface area (Å²) in [4.78, 5) is 13.3. The van der Waals surface area contributed by atoms with Gasteiger partial charge in [0.25, 0.3) is 5.91 Å². The number of rotatable bonds is 5. The molecule has 0 aliphatic carbocycles. The van der Waals surface area contributed by atoms with Crippen LogP contribution < -0.4 is 5.32 Å². The summed E-state index contributed by atoms with van der Waals surface area (Å²) in [5.41, 5.74) is -1.39. The molecule has 1 amide bonds. The maximum atomic E-state index is 12.1. The Morgan fingerprint density at radius 1 is 1.32 bits per heavy atom. The van der Waals surface area contributed by atoms with Crippen molar-refractivity contribution in [3.63, 3.8) is 0 Å². The summed E-state index contributed by atoms with van der Waals surface area (Å²) in [6, 6.07) is 10.4. The Morgan fingerprint density at radius 2 is 2.18 bits per heavy atom. The Balaban J connectivity index is 1.81. The summed E-state index contributed by atoms with van der Waals surface area (Å²) in [7, 11) is 0. The molecule has 22 heavy (non-hydrogen) atoms. The summed E-state index contributed by atoms with van der Waals surface area (Å²) in [5, 5.41) is 15.6. The molecule has 0 aliphatic rings. The minimum atomic E-state index is -1.39. The fourth-order valence-electron chi connectivity index (χ4n) is 2.06. The van der Waals surface area contributed by atoms with Gasteiger partial charge in [-0.3, -0.25) is 4.79 Å². The average Bonchev–Trinajstić information content (AvgIpc) is 3.24. The number of nitrogens with one attached hydrogen (secondary N) is 1. The normalized spacial score (nSPS) is 13.7. The van der Waals surface area contributed by atoms with Crippen LogP contribution >= 0.6 is 34.3 Å². The highest BCUT2D eigenvalue weighted by molar-refractivity contribution is 7.18. The van der Waals surface area contributed by atoms with E-state index < -0.39 is 5.60 Å². The number of carbonyl (C=O) groups is 1. The number of furan rings is 1. The van der Waals surface area contributed by atoms with Crippen molar-refractivity contribution in [3.05, 3.63) is 67.9 Å². The molecule has 3 rings (SSSR count). The van der Waals surface area contributed by atoms with Crippen LogP contribution in [0.3, 0.4) is 0 Å². The lowest BCUT2D eigenvalue weighted by Crippen LogP contribution is -2.40. The fraction of sp³-hybridized carbons (Fsp3) is 0.133. The van der Waals surface area contributed by atoms with Crippen molar-refractivity contribution in [2.45, 2.75) is 5.60 Å². The Bertz CT molecular complexity index is 715. The quantitative estimate of drug-likeness (QED) is 0.734. The predicted molar refractivity (Wildman–Crippen MR) is 87.7 cm³/mol. The molecule has 114 valence electrons. The first kappa shape index (κ1) is 15.3. The highest BCUT2D eigenvalue weighted by Crippen LogP contribution is 2.32. The molecule has 0 radical (unpaired) electrons. The molecule has 1 atom stereocenters. The van der Waals surface area contributed by atoms with Crippen LogP contribution in [0.25, 0.3) is 0 Å². The Morgan fingerprint density at radius 3 is 2.77 bits per heavy atom. The number of halogens is 1. The van der Waals surface area contributed by atoms with Crippen molar-refractivity contribution in [3.8, 4) is 0 Å². The van der Waals surface area contributed by atoms with E-state index >= 15 is 0 Å². The average molecular weight is 354 g/mol. The lowest BCUT2D eigenvalue weighted by molar-refractivity contribution is 0.0555. The van der Waals surface area contributed by atoms with E-state index in [9.17, 15) is 9.90 Å². The number of hydrogen-bond acceptors (Lipinski definition) is 5. The molecule has 7 heteroatoms. The van der Waals surface area contributed by atoms with E-state index in [-0.39, 0.29) is 12.5 Å². The molecule has 3 aromatic heterocycles. The lowest BCUT2D eigenvalue weighted by atomic mass is 9.98. The van der Waals surface area contributed by atoms with Crippen LogP contribution in [-0.4, -0.2) is 17.6 Å². The molecule has 3 heterocycles. The van der Waals surface area contributed by atoms with E-state index in [1.54, 1.807) is 30.3 Å². The number of hydrogen-bond donors (Lipinski definition) is 2. The summed E-state index contributed by atoms with van der Waals surface area (Å²) < 4.78 is 5.90. The first-order valence-electron chi connectivity index (χ1n) is 6.43. The van der Waals surface area contributed by atoms with Gasteiger partial charge in [-0.2, -0.15) is 0 Å². The number of thiophene rings is 2. The van der Waals surface area contributed by atoms with Gasteiger partial charge in [0.1, 0.15) is 5.76 Å². The van der Waals surface area contributed by atoms with Gasteiger partial charge in [-0.05, 0) is 35.7 Å². The first-order chi connectivity index (χ1) is 10.6. The van der Waals surface area contributed by atoms with Crippen LogP contribution in [0.5, 0.6) is 0 Å². The second-order valence-electron chi connectivity index (χ2n) is 4.60. The zero-order valence-corrected chi connectivity index (χ0v) is 13.7. The molecule has 2 N–H and O–H groups in total. The molecule has 0 spiro atoms. The van der Waals surface area contributed by atoms with E-state index in [1.807, 2.05) is 11.4 Å². The van der Waals surface area contributed by atoms with Crippen molar-refractivity contribution in [1.82, 2.24) is 5.32 Å². The molecule has 0 fully saturated rings. The second kappa shape index (κ2) is 6.26. The molecule has 0 aliphatic heterocycles. The van der Waals surface area contributed by atoms with E-state index in [0.29, 0.717) is 19.9 Å². The third kappa shape index (κ3) is 2.96. The monoisotopic (exact) mass is 353 g/mol. The Labute approximate surface area is 140 Å². The minimum absolute atomic E-state index is 0.00930. The number of aliphatic hydroxyl groups is 1. The molecule has 0 aromatic carbocycles. The van der Waals surface area contributed by atoms with Crippen LogP contribution in [0.4, 0.5) is 0 Å². The van der Waals surface area contributed by atoms with Gasteiger partial charge in [0, 0.05) is 4.88 Å². The standard InChI is InChI=1S/C15H12ClNO3S2/c16-13-6-5-10(22-13)14(18)17-9-15(19,11-3-1-7-20-11)12-4-2-8-21-12/h1-8,19H,9H2,(H,17,18). The van der Waals surface area contributed by atoms with Crippen molar-refractivity contribution in [2.75, 3.05) is 6.54 Å². The van der Waals surface area contributed by atoms with Gasteiger partial charge in [0.05, 0.1) is 22.0 Å². The van der Waals surface area contributed by atoms with Gasteiger partial charge < -0.3 is 14.8 Å². The molecule has 4 nitrogen and oxygen atoms in total. The Hall–Kier alpha value is -1.60. The Kier molecular flexibility index (Phi) is 4.35. The van der Waals surface area contributed by atoms with Crippen LogP contribution in [0.2, 0.25) is 4.34 Å². The molecular weight excluding hydrogens is 342 g/mol. The smallest absolute Gasteiger partial charge is 0.261 e. The summed E-state index contributed by atoms with van der Waals surface area (Å²) in [5.74, 6) is 0.109. The van der Waals surface area contributed by atoms with Gasteiger partial charge >= 0.3 is 0 Å². The second-order valence-corrected chi connectivity index (χ2v) is 7.26. The molecule has 1 unspecified atom stereocenters. The number of carbonyl (C=O) groups excluding carboxylic acids is 1. The summed E-state index contributed by atoms with van der Waals surface area (Å²) >= 11 is 8.43. The molecule has 0 bridgehead atoms. The molecule has 3 aromatic rings. The van der Waals surface area contributed by atoms with Crippen LogP contribution in [0.1, 0.15) is 20.3 Å². The van der Waals surface area contributed by atoms with Gasteiger partial charge in [0.2, 0.25) is 0 Å². The number of amides is 1. The van der Waals surface area contributed by atoms with Gasteiger partial charge in [-0.1, -0.05) is 17.7 Å². The van der Waals surface area contributed by atoms with E-state index in [2.05, 4.69) is 5.32 Å². The van der Waals surface area contributed by atoms with Crippen molar-refractivity contribution < 1.29 is 14.3 Å². The highest BCUT2D eigenvalue weighted by Gasteiger charge is 2.36. The maximum Gasteiger partial charge on any atom is 0.261 e. The summed E-state index contributed by atoms with van der Waals surface area (Å²) in [6.45, 7) is 0.00930. The lowest BCUT2D eigenvalue weighted by Gasteiger charge is -2.25. The molecule has 0 saturated carbocycles. The highest BCUT2D eigenvalue weighted by atomic mass is 35.5. The summed E-state index contributed by atoms with van der Waals surface area (Å²) in [6.07, 6.45) is 1.49. The molecular formula is C15H12ClNO3S2. The van der Waals surface area contributed by atoms with Gasteiger partial charge in [0.15, 0.2) is 5.60 Å². The topological polar surface area (TPSA) is 62.5 Å². The zero-order chi connectivity index (χ0) is 15.6. The largest absolute Gasteiger partial charge is 0.466 e. The van der Waals surface area contributed by atoms with Gasteiger partial charge in [-0.25, -0.2) is 0 Å². The third-order valence-electron chi connectivity index (χ3n) is 3.16. The van der Waals surface area contributed by atoms with E-state index in [0.717, 1.165) is 0 Å². The van der Waals surface area contributed by atoms with Crippen molar-refractivity contribution >= 4 is 40.2 Å². The van der Waals surface area contributed by atoms with E-state index in [1.165, 1.54) is 28.9 Å². The fourth-order valence-corrected chi connectivity index (χ4v) is 3.84. The maximum absolute atomic E-state index is 12.1. The van der Waals surface area contributed by atoms with E-state index in [4.69, 9.17) is 16.0 Å². The van der Waals surface area contributed by atoms with Crippen LogP contribution in [-0.2, 0) is 5.60 Å².